The number of para-hydroxylation sites is 5. The van der Waals surface area contributed by atoms with E-state index in [2.05, 4.69) is 210 Å². The first-order valence-corrected chi connectivity index (χ1v) is 21.1. The van der Waals surface area contributed by atoms with Gasteiger partial charge >= 0.3 is 0 Å². The van der Waals surface area contributed by atoms with Crippen LogP contribution in [0.3, 0.4) is 0 Å². The molecule has 13 aromatic rings. The summed E-state index contributed by atoms with van der Waals surface area (Å²) in [5.41, 5.74) is 14.3. The third-order valence-corrected chi connectivity index (χ3v) is 12.5. The average molecular weight is 793 g/mol. The lowest BCUT2D eigenvalue weighted by Crippen LogP contribution is -2.10. The Bertz CT molecular complexity index is 3850. The van der Waals surface area contributed by atoms with Crippen LogP contribution in [0.4, 0.5) is 17.1 Å². The van der Waals surface area contributed by atoms with Gasteiger partial charge < -0.3 is 18.3 Å². The fraction of sp³-hybridized carbons (Fsp3) is 0. The molecule has 62 heavy (non-hydrogen) atoms. The lowest BCUT2D eigenvalue weighted by atomic mass is 9.97. The van der Waals surface area contributed by atoms with Gasteiger partial charge in [0.15, 0.2) is 0 Å². The predicted molar refractivity (Wildman–Crippen MR) is 258 cm³/mol. The SMILES string of the molecule is c1cc(-c2cccc3oc4ccccc4c23)cc(N(c2ccc3ccccc3c2)c2cc(-c3ccccc3-n3c4ccccc4c4ccccc43)c3oc4ccccc4c3c2)c1. The Morgan fingerprint density at radius 2 is 0.952 bits per heavy atom. The van der Waals surface area contributed by atoms with Crippen LogP contribution in [0, 0.1) is 0 Å². The minimum absolute atomic E-state index is 0.855. The molecule has 0 spiro atoms. The van der Waals surface area contributed by atoms with Crippen LogP contribution in [0.15, 0.2) is 227 Å². The molecule has 10 aromatic carbocycles. The van der Waals surface area contributed by atoms with E-state index in [1.165, 1.54) is 21.5 Å². The maximum Gasteiger partial charge on any atom is 0.143 e. The number of furan rings is 2. The van der Waals surface area contributed by atoms with Crippen molar-refractivity contribution in [3.05, 3.63) is 218 Å². The number of fused-ring (bicyclic) bond motifs is 10. The van der Waals surface area contributed by atoms with Gasteiger partial charge in [0.05, 0.1) is 16.7 Å². The Kier molecular flexibility index (Phi) is 7.57. The summed E-state index contributed by atoms with van der Waals surface area (Å²) in [7, 11) is 0. The quantitative estimate of drug-likeness (QED) is 0.168. The summed E-state index contributed by atoms with van der Waals surface area (Å²) < 4.78 is 15.7. The molecule has 0 aliphatic carbocycles. The van der Waals surface area contributed by atoms with Gasteiger partial charge in [-0.2, -0.15) is 0 Å². The first kappa shape index (κ1) is 34.5. The molecule has 0 N–H and O–H groups in total. The largest absolute Gasteiger partial charge is 0.456 e. The first-order valence-electron chi connectivity index (χ1n) is 21.1. The van der Waals surface area contributed by atoms with E-state index < -0.39 is 0 Å². The lowest BCUT2D eigenvalue weighted by Gasteiger charge is -2.27. The highest BCUT2D eigenvalue weighted by Crippen LogP contribution is 2.47. The van der Waals surface area contributed by atoms with Crippen molar-refractivity contribution in [1.29, 1.82) is 0 Å². The van der Waals surface area contributed by atoms with Gasteiger partial charge in [-0.25, -0.2) is 0 Å². The van der Waals surface area contributed by atoms with Gasteiger partial charge in [0.25, 0.3) is 0 Å². The van der Waals surface area contributed by atoms with Crippen molar-refractivity contribution in [2.75, 3.05) is 4.90 Å². The molecule has 0 bridgehead atoms. The molecule has 0 unspecified atom stereocenters. The van der Waals surface area contributed by atoms with E-state index in [0.717, 1.165) is 99.9 Å². The average Bonchev–Trinajstić information content (AvgIpc) is 4.01. The van der Waals surface area contributed by atoms with Crippen molar-refractivity contribution in [1.82, 2.24) is 4.57 Å². The van der Waals surface area contributed by atoms with E-state index >= 15 is 0 Å². The molecule has 290 valence electrons. The summed E-state index contributed by atoms with van der Waals surface area (Å²) in [6.45, 7) is 0. The fourth-order valence-electron chi connectivity index (χ4n) is 9.81. The molecule has 4 heteroatoms. The van der Waals surface area contributed by atoms with E-state index in [9.17, 15) is 0 Å². The molecule has 0 aliphatic heterocycles. The molecular weight excluding hydrogens is 757 g/mol. The summed E-state index contributed by atoms with van der Waals surface area (Å²) in [5.74, 6) is 0. The van der Waals surface area contributed by atoms with Crippen LogP contribution in [0.2, 0.25) is 0 Å². The molecule has 0 amide bonds. The number of hydrogen-bond donors (Lipinski definition) is 0. The number of hydrogen-bond acceptors (Lipinski definition) is 3. The van der Waals surface area contributed by atoms with Gasteiger partial charge in [0, 0.05) is 60.5 Å². The van der Waals surface area contributed by atoms with E-state index in [0.29, 0.717) is 0 Å². The first-order chi connectivity index (χ1) is 30.7. The fourth-order valence-corrected chi connectivity index (χ4v) is 9.81. The maximum absolute atomic E-state index is 6.90. The molecule has 4 nitrogen and oxygen atoms in total. The second kappa shape index (κ2) is 13.6. The maximum atomic E-state index is 6.90. The van der Waals surface area contributed by atoms with Crippen LogP contribution in [-0.2, 0) is 0 Å². The van der Waals surface area contributed by atoms with Crippen molar-refractivity contribution in [3.63, 3.8) is 0 Å². The van der Waals surface area contributed by atoms with Crippen LogP contribution in [0.5, 0.6) is 0 Å². The lowest BCUT2D eigenvalue weighted by molar-refractivity contribution is 0.669. The van der Waals surface area contributed by atoms with Gasteiger partial charge in [0.1, 0.15) is 22.3 Å². The molecule has 0 saturated carbocycles. The summed E-state index contributed by atoms with van der Waals surface area (Å²) in [5, 5.41) is 9.18. The van der Waals surface area contributed by atoms with Crippen molar-refractivity contribution in [2.45, 2.75) is 0 Å². The number of benzene rings is 10. The van der Waals surface area contributed by atoms with Crippen molar-refractivity contribution in [3.8, 4) is 27.9 Å². The molecule has 0 atom stereocenters. The summed E-state index contributed by atoms with van der Waals surface area (Å²) in [6, 6.07) is 78.1. The number of aromatic nitrogens is 1. The predicted octanol–water partition coefficient (Wildman–Crippen LogP) is 16.5. The van der Waals surface area contributed by atoms with Gasteiger partial charge in [-0.3, -0.25) is 0 Å². The van der Waals surface area contributed by atoms with Crippen LogP contribution in [-0.4, -0.2) is 4.57 Å². The number of nitrogens with zero attached hydrogens (tertiary/aromatic N) is 2. The standard InChI is InChI=1S/C58H36N2O2/c1-2-16-38-33-41(32-31-37(38)15-1)59(40-18-13-17-39(34-40)43-24-14-30-56-57(43)48-23-7-12-29-55(48)61-56)42-35-49(58-50(36-42)47-22-6-11-28-54(47)62-58)46-21-5-10-27-53(46)60-51-25-8-3-19-44(51)45-20-4-9-26-52(45)60/h1-36H. The zero-order chi connectivity index (χ0) is 40.7. The molecular formula is C58H36N2O2. The highest BCUT2D eigenvalue weighted by Gasteiger charge is 2.23. The Labute approximate surface area is 356 Å². The minimum Gasteiger partial charge on any atom is -0.456 e. The summed E-state index contributed by atoms with van der Waals surface area (Å²) >= 11 is 0. The number of rotatable bonds is 6. The second-order valence-electron chi connectivity index (χ2n) is 16.0. The number of anilines is 3. The van der Waals surface area contributed by atoms with Crippen LogP contribution < -0.4 is 4.90 Å². The topological polar surface area (TPSA) is 34.5 Å². The molecule has 0 aliphatic rings. The monoisotopic (exact) mass is 792 g/mol. The van der Waals surface area contributed by atoms with Gasteiger partial charge in [-0.1, -0.05) is 146 Å². The minimum atomic E-state index is 0.855. The Hall–Kier alpha value is -8.34. The van der Waals surface area contributed by atoms with E-state index in [1.807, 2.05) is 18.2 Å². The normalized spacial score (nSPS) is 11.9. The smallest absolute Gasteiger partial charge is 0.143 e. The molecule has 3 aromatic heterocycles. The molecule has 13 rings (SSSR count). The highest BCUT2D eigenvalue weighted by atomic mass is 16.3. The van der Waals surface area contributed by atoms with Crippen molar-refractivity contribution < 1.29 is 8.83 Å². The third kappa shape index (κ3) is 5.27. The summed E-state index contributed by atoms with van der Waals surface area (Å²) in [4.78, 5) is 2.40. The van der Waals surface area contributed by atoms with Crippen molar-refractivity contribution >= 4 is 93.5 Å². The van der Waals surface area contributed by atoms with E-state index in [1.54, 1.807) is 0 Å². The molecule has 3 heterocycles. The molecule has 0 radical (unpaired) electrons. The Morgan fingerprint density at radius 1 is 0.339 bits per heavy atom. The third-order valence-electron chi connectivity index (χ3n) is 12.5. The highest BCUT2D eigenvalue weighted by molar-refractivity contribution is 6.15. The zero-order valence-corrected chi connectivity index (χ0v) is 33.5. The summed E-state index contributed by atoms with van der Waals surface area (Å²) in [6.07, 6.45) is 0. The zero-order valence-electron chi connectivity index (χ0n) is 33.5. The van der Waals surface area contributed by atoms with Gasteiger partial charge in [-0.15, -0.1) is 0 Å². The molecule has 0 fully saturated rings. The van der Waals surface area contributed by atoms with Crippen LogP contribution in [0.1, 0.15) is 0 Å². The Morgan fingerprint density at radius 3 is 1.77 bits per heavy atom. The van der Waals surface area contributed by atoms with Crippen LogP contribution >= 0.6 is 0 Å². The van der Waals surface area contributed by atoms with Gasteiger partial charge in [-0.05, 0) is 94.7 Å². The van der Waals surface area contributed by atoms with Crippen molar-refractivity contribution in [2.24, 2.45) is 0 Å². The second-order valence-corrected chi connectivity index (χ2v) is 16.0. The van der Waals surface area contributed by atoms with Crippen LogP contribution in [0.25, 0.3) is 104 Å². The van der Waals surface area contributed by atoms with E-state index in [4.69, 9.17) is 8.83 Å². The Balaban J connectivity index is 1.09. The van der Waals surface area contributed by atoms with Gasteiger partial charge in [0.2, 0.25) is 0 Å². The van der Waals surface area contributed by atoms with E-state index in [-0.39, 0.29) is 0 Å². The molecule has 0 saturated heterocycles.